The smallest absolute Gasteiger partial charge is 0.246 e. The van der Waals surface area contributed by atoms with Gasteiger partial charge in [0.25, 0.3) is 0 Å². The van der Waals surface area contributed by atoms with Crippen LogP contribution in [-0.4, -0.2) is 38.3 Å². The van der Waals surface area contributed by atoms with Crippen LogP contribution in [0.3, 0.4) is 0 Å². The zero-order valence-corrected chi connectivity index (χ0v) is 14.4. The average molecular weight is 351 g/mol. The number of anilines is 1. The Morgan fingerprint density at radius 1 is 1.35 bits per heavy atom. The standard InChI is InChI=1S/C15H17N3O3S2/c1-18(2)15(19)8-7-12-5-3-4-6-13(12)10-23(20,21)17-14-9-16-11-22-14/h3-9,11,17H,10H2,1-2H3/b8-7+. The zero-order chi connectivity index (χ0) is 16.9. The van der Waals surface area contributed by atoms with Crippen molar-refractivity contribution in [3.8, 4) is 0 Å². The molecule has 122 valence electrons. The third-order valence-corrected chi connectivity index (χ3v) is 4.97. The van der Waals surface area contributed by atoms with E-state index in [0.717, 1.165) is 0 Å². The van der Waals surface area contributed by atoms with E-state index >= 15 is 0 Å². The largest absolute Gasteiger partial charge is 0.345 e. The summed E-state index contributed by atoms with van der Waals surface area (Å²) in [6.07, 6.45) is 4.51. The van der Waals surface area contributed by atoms with Crippen molar-refractivity contribution in [2.75, 3.05) is 18.8 Å². The zero-order valence-electron chi connectivity index (χ0n) is 12.8. The summed E-state index contributed by atoms with van der Waals surface area (Å²) in [6.45, 7) is 0. The summed E-state index contributed by atoms with van der Waals surface area (Å²) in [5.74, 6) is -0.341. The molecule has 1 aromatic carbocycles. The molecule has 1 heterocycles. The van der Waals surface area contributed by atoms with Crippen LogP contribution in [0.15, 0.2) is 42.0 Å². The maximum atomic E-state index is 12.2. The Labute approximate surface area is 139 Å². The van der Waals surface area contributed by atoms with Crippen molar-refractivity contribution < 1.29 is 13.2 Å². The first-order chi connectivity index (χ1) is 10.9. The maximum absolute atomic E-state index is 12.2. The van der Waals surface area contributed by atoms with Gasteiger partial charge in [-0.3, -0.25) is 14.5 Å². The van der Waals surface area contributed by atoms with Crippen molar-refractivity contribution >= 4 is 38.3 Å². The van der Waals surface area contributed by atoms with Crippen LogP contribution in [0.4, 0.5) is 5.00 Å². The molecule has 1 amide bonds. The molecular formula is C15H17N3O3S2. The van der Waals surface area contributed by atoms with Gasteiger partial charge in [-0.25, -0.2) is 8.42 Å². The lowest BCUT2D eigenvalue weighted by atomic mass is 10.1. The van der Waals surface area contributed by atoms with Gasteiger partial charge in [0.1, 0.15) is 5.00 Å². The van der Waals surface area contributed by atoms with Gasteiger partial charge in [-0.05, 0) is 17.2 Å². The van der Waals surface area contributed by atoms with Gasteiger partial charge < -0.3 is 4.90 Å². The minimum absolute atomic E-state index is 0.162. The molecule has 0 atom stereocenters. The minimum Gasteiger partial charge on any atom is -0.345 e. The molecule has 23 heavy (non-hydrogen) atoms. The topological polar surface area (TPSA) is 79.4 Å². The molecule has 0 spiro atoms. The van der Waals surface area contributed by atoms with Gasteiger partial charge in [-0.2, -0.15) is 0 Å². The van der Waals surface area contributed by atoms with Crippen LogP contribution in [0, 0.1) is 0 Å². The van der Waals surface area contributed by atoms with E-state index in [2.05, 4.69) is 9.71 Å². The molecule has 2 rings (SSSR count). The highest BCUT2D eigenvalue weighted by Gasteiger charge is 2.14. The molecule has 0 saturated heterocycles. The monoisotopic (exact) mass is 351 g/mol. The highest BCUT2D eigenvalue weighted by Crippen LogP contribution is 2.19. The number of sulfonamides is 1. The van der Waals surface area contributed by atoms with E-state index in [0.29, 0.717) is 16.1 Å². The van der Waals surface area contributed by atoms with Gasteiger partial charge in [-0.1, -0.05) is 24.3 Å². The van der Waals surface area contributed by atoms with Crippen LogP contribution in [0.5, 0.6) is 0 Å². The summed E-state index contributed by atoms with van der Waals surface area (Å²) in [4.78, 5) is 16.9. The van der Waals surface area contributed by atoms with Gasteiger partial charge >= 0.3 is 0 Å². The summed E-state index contributed by atoms with van der Waals surface area (Å²) in [6, 6.07) is 7.07. The Morgan fingerprint density at radius 3 is 2.74 bits per heavy atom. The Morgan fingerprint density at radius 2 is 2.09 bits per heavy atom. The average Bonchev–Trinajstić information content (AvgIpc) is 2.97. The highest BCUT2D eigenvalue weighted by atomic mass is 32.2. The molecule has 0 radical (unpaired) electrons. The molecule has 0 saturated carbocycles. The molecular weight excluding hydrogens is 334 g/mol. The van der Waals surface area contributed by atoms with E-state index in [1.165, 1.54) is 28.5 Å². The number of nitrogens with zero attached hydrogens (tertiary/aromatic N) is 2. The van der Waals surface area contributed by atoms with Crippen molar-refractivity contribution in [3.05, 3.63) is 53.2 Å². The number of hydrogen-bond donors (Lipinski definition) is 1. The lowest BCUT2D eigenvalue weighted by molar-refractivity contribution is -0.123. The number of carbonyl (C=O) groups is 1. The lowest BCUT2D eigenvalue weighted by Crippen LogP contribution is -2.18. The van der Waals surface area contributed by atoms with E-state index < -0.39 is 10.0 Å². The lowest BCUT2D eigenvalue weighted by Gasteiger charge is -2.09. The van der Waals surface area contributed by atoms with Crippen LogP contribution in [0.25, 0.3) is 6.08 Å². The number of carbonyl (C=O) groups excluding carboxylic acids is 1. The van der Waals surface area contributed by atoms with Crippen molar-refractivity contribution in [3.63, 3.8) is 0 Å². The number of rotatable bonds is 6. The first-order valence-electron chi connectivity index (χ1n) is 6.73. The number of amides is 1. The predicted molar refractivity (Wildman–Crippen MR) is 92.5 cm³/mol. The van der Waals surface area contributed by atoms with Crippen molar-refractivity contribution in [1.82, 2.24) is 9.88 Å². The first-order valence-corrected chi connectivity index (χ1v) is 9.27. The fourth-order valence-corrected chi connectivity index (χ4v) is 3.83. The number of likely N-dealkylation sites (N-methyl/N-ethyl adjacent to an activating group) is 1. The fraction of sp³-hybridized carbons (Fsp3) is 0.200. The molecule has 0 aliphatic heterocycles. The van der Waals surface area contributed by atoms with Crippen molar-refractivity contribution in [1.29, 1.82) is 0 Å². The van der Waals surface area contributed by atoms with Gasteiger partial charge in [0.2, 0.25) is 15.9 Å². The second-order valence-corrected chi connectivity index (χ2v) is 7.60. The second-order valence-electron chi connectivity index (χ2n) is 4.99. The predicted octanol–water partition coefficient (Wildman–Crippen LogP) is 2.19. The second kappa shape index (κ2) is 7.38. The molecule has 8 heteroatoms. The van der Waals surface area contributed by atoms with Crippen molar-refractivity contribution in [2.45, 2.75) is 5.75 Å². The Balaban J connectivity index is 2.18. The van der Waals surface area contributed by atoms with Crippen molar-refractivity contribution in [2.24, 2.45) is 0 Å². The number of aromatic nitrogens is 1. The Hall–Kier alpha value is -2.19. The number of thiazole rings is 1. The molecule has 0 bridgehead atoms. The summed E-state index contributed by atoms with van der Waals surface area (Å²) in [5.41, 5.74) is 2.87. The fourth-order valence-electron chi connectivity index (χ4n) is 1.80. The summed E-state index contributed by atoms with van der Waals surface area (Å²) in [5, 5.41) is 0.473. The molecule has 0 fully saturated rings. The van der Waals surface area contributed by atoms with E-state index in [9.17, 15) is 13.2 Å². The van der Waals surface area contributed by atoms with E-state index in [4.69, 9.17) is 0 Å². The number of benzene rings is 1. The molecule has 2 aromatic rings. The van der Waals surface area contributed by atoms with E-state index in [1.54, 1.807) is 49.9 Å². The van der Waals surface area contributed by atoms with Gasteiger partial charge in [0.15, 0.2) is 0 Å². The van der Waals surface area contributed by atoms with Gasteiger partial charge in [0, 0.05) is 20.2 Å². The first kappa shape index (κ1) is 17.2. The van der Waals surface area contributed by atoms with E-state index in [-0.39, 0.29) is 11.7 Å². The third kappa shape index (κ3) is 5.19. The molecule has 0 aliphatic carbocycles. The third-order valence-electron chi connectivity index (χ3n) is 2.94. The molecule has 6 nitrogen and oxygen atoms in total. The van der Waals surface area contributed by atoms with E-state index in [1.807, 2.05) is 0 Å². The van der Waals surface area contributed by atoms with Crippen LogP contribution in [0.2, 0.25) is 0 Å². The van der Waals surface area contributed by atoms with Gasteiger partial charge in [0.05, 0.1) is 17.5 Å². The molecule has 0 unspecified atom stereocenters. The summed E-state index contributed by atoms with van der Waals surface area (Å²) >= 11 is 1.22. The highest BCUT2D eigenvalue weighted by molar-refractivity contribution is 7.92. The number of nitrogens with one attached hydrogen (secondary N) is 1. The summed E-state index contributed by atoms with van der Waals surface area (Å²) < 4.78 is 27.0. The molecule has 1 aromatic heterocycles. The SMILES string of the molecule is CN(C)C(=O)/C=C/c1ccccc1CS(=O)(=O)Nc1cncs1. The Bertz CT molecular complexity index is 797. The summed E-state index contributed by atoms with van der Waals surface area (Å²) in [7, 11) is -0.234. The minimum atomic E-state index is -3.54. The molecule has 0 aliphatic rings. The van der Waals surface area contributed by atoms with Crippen LogP contribution in [-0.2, 0) is 20.6 Å². The normalized spacial score (nSPS) is 11.6. The number of hydrogen-bond acceptors (Lipinski definition) is 5. The van der Waals surface area contributed by atoms with Gasteiger partial charge in [-0.15, -0.1) is 11.3 Å². The van der Waals surface area contributed by atoms with Crippen LogP contribution in [0.1, 0.15) is 11.1 Å². The Kier molecular flexibility index (Phi) is 5.51. The maximum Gasteiger partial charge on any atom is 0.246 e. The quantitative estimate of drug-likeness (QED) is 0.809. The molecule has 1 N–H and O–H groups in total. The van der Waals surface area contributed by atoms with Crippen LogP contribution >= 0.6 is 11.3 Å². The van der Waals surface area contributed by atoms with Crippen LogP contribution < -0.4 is 4.72 Å².